The Bertz CT molecular complexity index is 1310. The monoisotopic (exact) mass is 853 g/mol. The lowest BCUT2D eigenvalue weighted by molar-refractivity contribution is -0.407. The third-order valence-corrected chi connectivity index (χ3v) is 10.7. The summed E-state index contributed by atoms with van der Waals surface area (Å²) in [6.07, 6.45) is -44.3. The highest BCUT2D eigenvalue weighted by molar-refractivity contribution is 5.73. The molecule has 0 aliphatic carbocycles. The van der Waals surface area contributed by atoms with E-state index >= 15 is 0 Å². The molecule has 5 heterocycles. The van der Waals surface area contributed by atoms with Crippen LogP contribution < -0.4 is 5.32 Å². The van der Waals surface area contributed by atoms with E-state index in [1.165, 1.54) is 6.92 Å². The van der Waals surface area contributed by atoms with Gasteiger partial charge in [0.1, 0.15) is 116 Å². The Morgan fingerprint density at radius 2 is 0.931 bits per heavy atom. The molecule has 5 fully saturated rings. The van der Waals surface area contributed by atoms with Crippen LogP contribution >= 0.6 is 0 Å². The van der Waals surface area contributed by atoms with E-state index in [1.807, 2.05) is 0 Å². The SMILES string of the molecule is CC(=O)N[C@H]1[C@H](O[C@H]2[C@@H](O)[C@@H](CO)O[C@H](O[C@H]3[C@@H](O)[C@@H](CO)O[C@@H](O[C@H]4[C@H](O)[C@@H](O)[C@H](O)O[C@@H]4CO)[C@@H]3O[C@@H]3O[C@@H](C)[C@@H](O)[C@@H](O)[C@@H]3O)[C@@H]2O)O[C@H](CO)[C@H](O)[C@@H]1O. The van der Waals surface area contributed by atoms with Crippen molar-refractivity contribution in [3.05, 3.63) is 0 Å². The number of hydrogen-bond donors (Lipinski definition) is 16. The molecule has 5 aliphatic heterocycles. The second kappa shape index (κ2) is 20.1. The average molecular weight is 854 g/mol. The van der Waals surface area contributed by atoms with Crippen LogP contribution in [0.5, 0.6) is 0 Å². The van der Waals surface area contributed by atoms with E-state index < -0.39 is 186 Å². The molecule has 5 aliphatic rings. The van der Waals surface area contributed by atoms with Crippen LogP contribution in [0.3, 0.4) is 0 Å². The van der Waals surface area contributed by atoms with Gasteiger partial charge in [-0.15, -0.1) is 0 Å². The number of carbonyl (C=O) groups excluding carboxylic acids is 1. The first-order valence-corrected chi connectivity index (χ1v) is 18.5. The van der Waals surface area contributed by atoms with Crippen molar-refractivity contribution in [3.63, 3.8) is 0 Å². The van der Waals surface area contributed by atoms with E-state index in [0.717, 1.165) is 6.92 Å². The Kier molecular flexibility index (Phi) is 16.5. The molecule has 58 heavy (non-hydrogen) atoms. The molecule has 0 unspecified atom stereocenters. The Morgan fingerprint density at radius 3 is 1.52 bits per heavy atom. The van der Waals surface area contributed by atoms with Gasteiger partial charge >= 0.3 is 0 Å². The van der Waals surface area contributed by atoms with Crippen LogP contribution in [-0.4, -0.2) is 262 Å². The van der Waals surface area contributed by atoms with Crippen molar-refractivity contribution >= 4 is 5.91 Å². The number of aliphatic hydroxyl groups is 15. The molecule has 25 atom stereocenters. The van der Waals surface area contributed by atoms with Crippen molar-refractivity contribution in [2.45, 2.75) is 167 Å². The maximum atomic E-state index is 12.0. The quantitative estimate of drug-likeness (QED) is 0.0818. The van der Waals surface area contributed by atoms with E-state index in [9.17, 15) is 81.4 Å². The van der Waals surface area contributed by atoms with Gasteiger partial charge in [0, 0.05) is 6.92 Å². The maximum Gasteiger partial charge on any atom is 0.217 e. The molecule has 0 aromatic carbocycles. The summed E-state index contributed by atoms with van der Waals surface area (Å²) >= 11 is 0. The number of nitrogens with one attached hydrogen (secondary N) is 1. The van der Waals surface area contributed by atoms with Gasteiger partial charge in [-0.25, -0.2) is 0 Å². The molecule has 0 aromatic heterocycles. The molecule has 5 saturated heterocycles. The van der Waals surface area contributed by atoms with Crippen LogP contribution in [0.15, 0.2) is 0 Å². The smallest absolute Gasteiger partial charge is 0.217 e. The first kappa shape index (κ1) is 47.6. The van der Waals surface area contributed by atoms with Crippen molar-refractivity contribution in [2.75, 3.05) is 26.4 Å². The predicted molar refractivity (Wildman–Crippen MR) is 177 cm³/mol. The zero-order chi connectivity index (χ0) is 42.9. The molecule has 0 aromatic rings. The van der Waals surface area contributed by atoms with E-state index in [-0.39, 0.29) is 0 Å². The Balaban J connectivity index is 1.49. The Labute approximate surface area is 329 Å². The van der Waals surface area contributed by atoms with Crippen molar-refractivity contribution < 1.29 is 124 Å². The number of rotatable bonds is 13. The fourth-order valence-corrected chi connectivity index (χ4v) is 7.34. The Hall–Kier alpha value is -1.49. The molecule has 0 radical (unpaired) electrons. The van der Waals surface area contributed by atoms with Gasteiger partial charge in [-0.05, 0) is 6.92 Å². The maximum absolute atomic E-state index is 12.0. The molecule has 0 spiro atoms. The van der Waals surface area contributed by atoms with Crippen LogP contribution in [0, 0.1) is 0 Å². The number of hydrogen-bond acceptors (Lipinski definition) is 25. The number of carbonyl (C=O) groups is 1. The molecular formula is C32H55NO25. The molecule has 338 valence electrons. The highest BCUT2D eigenvalue weighted by Crippen LogP contribution is 2.37. The van der Waals surface area contributed by atoms with Gasteiger partial charge in [0.2, 0.25) is 5.91 Å². The summed E-state index contributed by atoms with van der Waals surface area (Å²) in [5, 5.41) is 161. The van der Waals surface area contributed by atoms with Gasteiger partial charge in [-0.2, -0.15) is 0 Å². The van der Waals surface area contributed by atoms with Crippen molar-refractivity contribution in [3.8, 4) is 0 Å². The van der Waals surface area contributed by atoms with E-state index in [0.29, 0.717) is 0 Å². The molecule has 5 rings (SSSR count). The highest BCUT2D eigenvalue weighted by atomic mass is 16.8. The van der Waals surface area contributed by atoms with E-state index in [1.54, 1.807) is 0 Å². The number of aliphatic hydroxyl groups excluding tert-OH is 15. The average Bonchev–Trinajstić information content (AvgIpc) is 3.19. The van der Waals surface area contributed by atoms with Gasteiger partial charge in [0.15, 0.2) is 31.5 Å². The third kappa shape index (κ3) is 9.75. The zero-order valence-corrected chi connectivity index (χ0v) is 31.1. The lowest BCUT2D eigenvalue weighted by Gasteiger charge is -2.51. The standard InChI is InChI=1S/C32H55NO25/c1-7-14(39)19(44)22(47)30(50-7)58-27-26(17(42)11(5-36)54-32(27)55-24-12(6-37)51-28(49)21(46)20(24)45)57-31-23(48)25(16(41)10(4-35)53-31)56-29-13(33-8(2)38)18(43)15(40)9(3-34)52-29/h7,9-32,34-37,39-49H,3-6H2,1-2H3,(H,33,38)/t7-,9+,10+,11+,12+,13+,14+,15-,16-,17-,18+,19+,20+,21+,22-,23+,24+,25-,26-,27+,28+,29-,30-,31+,32-/m0/s1. The lowest BCUT2D eigenvalue weighted by atomic mass is 9.94. The summed E-state index contributed by atoms with van der Waals surface area (Å²) in [5.74, 6) is -0.736. The number of ether oxygens (including phenoxy) is 9. The van der Waals surface area contributed by atoms with E-state index in [4.69, 9.17) is 42.6 Å². The fourth-order valence-electron chi connectivity index (χ4n) is 7.34. The molecule has 26 nitrogen and oxygen atoms in total. The summed E-state index contributed by atoms with van der Waals surface area (Å²) < 4.78 is 51.3. The first-order valence-electron chi connectivity index (χ1n) is 18.5. The summed E-state index contributed by atoms with van der Waals surface area (Å²) in [4.78, 5) is 12.0. The Morgan fingerprint density at radius 1 is 0.448 bits per heavy atom. The summed E-state index contributed by atoms with van der Waals surface area (Å²) in [6, 6.07) is -1.57. The van der Waals surface area contributed by atoms with Crippen LogP contribution in [0.4, 0.5) is 0 Å². The minimum Gasteiger partial charge on any atom is -0.394 e. The topological polar surface area (TPSA) is 416 Å². The van der Waals surface area contributed by atoms with Gasteiger partial charge in [-0.1, -0.05) is 0 Å². The minimum atomic E-state index is -2.17. The van der Waals surface area contributed by atoms with Crippen molar-refractivity contribution in [1.82, 2.24) is 5.32 Å². The predicted octanol–water partition coefficient (Wildman–Crippen LogP) is -10.8. The lowest BCUT2D eigenvalue weighted by Crippen LogP contribution is -2.69. The second-order valence-electron chi connectivity index (χ2n) is 14.7. The molecule has 0 bridgehead atoms. The normalized spacial score (nSPS) is 51.6. The molecular weight excluding hydrogens is 798 g/mol. The fraction of sp³-hybridized carbons (Fsp3) is 0.969. The van der Waals surface area contributed by atoms with Crippen LogP contribution in [0.25, 0.3) is 0 Å². The third-order valence-electron chi connectivity index (χ3n) is 10.7. The molecule has 26 heteroatoms. The van der Waals surface area contributed by atoms with Crippen LogP contribution in [0.2, 0.25) is 0 Å². The summed E-state index contributed by atoms with van der Waals surface area (Å²) in [5.41, 5.74) is 0. The van der Waals surface area contributed by atoms with Gasteiger partial charge in [-0.3, -0.25) is 4.79 Å². The van der Waals surface area contributed by atoms with Gasteiger partial charge < -0.3 is 125 Å². The van der Waals surface area contributed by atoms with Gasteiger partial charge in [0.05, 0.1) is 32.5 Å². The van der Waals surface area contributed by atoms with Crippen LogP contribution in [-0.2, 0) is 47.4 Å². The number of amides is 1. The van der Waals surface area contributed by atoms with Crippen molar-refractivity contribution in [2.24, 2.45) is 0 Å². The largest absolute Gasteiger partial charge is 0.394 e. The van der Waals surface area contributed by atoms with E-state index in [2.05, 4.69) is 5.32 Å². The zero-order valence-electron chi connectivity index (χ0n) is 31.1. The molecule has 1 amide bonds. The molecule has 16 N–H and O–H groups in total. The summed E-state index contributed by atoms with van der Waals surface area (Å²) in [6.45, 7) is -1.38. The first-order chi connectivity index (χ1) is 27.4. The highest BCUT2D eigenvalue weighted by Gasteiger charge is 2.57. The van der Waals surface area contributed by atoms with Crippen molar-refractivity contribution in [1.29, 1.82) is 0 Å². The van der Waals surface area contributed by atoms with Crippen LogP contribution in [0.1, 0.15) is 13.8 Å². The minimum absolute atomic E-state index is 0.736. The summed E-state index contributed by atoms with van der Waals surface area (Å²) in [7, 11) is 0. The second-order valence-corrected chi connectivity index (χ2v) is 14.7. The molecule has 0 saturated carbocycles. The van der Waals surface area contributed by atoms with Gasteiger partial charge in [0.25, 0.3) is 0 Å².